The maximum Gasteiger partial charge on any atom is 0.412 e. The largest absolute Gasteiger partial charge is 0.497 e. The maximum absolute atomic E-state index is 11.5. The number of ether oxygens (including phenoxy) is 3. The molecule has 1 N–H and O–H groups in total. The van der Waals surface area contributed by atoms with Crippen molar-refractivity contribution in [3.63, 3.8) is 0 Å². The van der Waals surface area contributed by atoms with Gasteiger partial charge in [0.1, 0.15) is 11.5 Å². The van der Waals surface area contributed by atoms with E-state index in [-0.39, 0.29) is 6.10 Å². The number of fused-ring (bicyclic) bond motifs is 1. The Labute approximate surface area is 183 Å². The smallest absolute Gasteiger partial charge is 0.412 e. The molecule has 1 atom stereocenters. The van der Waals surface area contributed by atoms with Crippen LogP contribution in [0.25, 0.3) is 0 Å². The van der Waals surface area contributed by atoms with Gasteiger partial charge in [0, 0.05) is 45.5 Å². The number of benzene rings is 2. The highest BCUT2D eigenvalue weighted by Crippen LogP contribution is 2.32. The number of piperazine rings is 1. The van der Waals surface area contributed by atoms with Crippen molar-refractivity contribution >= 4 is 11.8 Å². The lowest BCUT2D eigenvalue weighted by molar-refractivity contribution is 0.0288. The van der Waals surface area contributed by atoms with Crippen LogP contribution in [0.5, 0.6) is 11.5 Å². The summed E-state index contributed by atoms with van der Waals surface area (Å²) >= 11 is 0. The Morgan fingerprint density at radius 2 is 1.84 bits per heavy atom. The van der Waals surface area contributed by atoms with Crippen molar-refractivity contribution in [1.29, 1.82) is 0 Å². The lowest BCUT2D eigenvalue weighted by Gasteiger charge is -2.37. The van der Waals surface area contributed by atoms with Gasteiger partial charge in [0.05, 0.1) is 19.8 Å². The summed E-state index contributed by atoms with van der Waals surface area (Å²) in [6, 6.07) is 14.2. The van der Waals surface area contributed by atoms with Crippen molar-refractivity contribution in [2.75, 3.05) is 58.4 Å². The summed E-state index contributed by atoms with van der Waals surface area (Å²) in [5, 5.41) is 2.48. The Bertz CT molecular complexity index is 879. The van der Waals surface area contributed by atoms with Crippen LogP contribution in [0.4, 0.5) is 10.5 Å². The van der Waals surface area contributed by atoms with E-state index in [1.807, 2.05) is 30.3 Å². The van der Waals surface area contributed by atoms with Crippen molar-refractivity contribution in [2.45, 2.75) is 18.9 Å². The van der Waals surface area contributed by atoms with Gasteiger partial charge in [0.2, 0.25) is 0 Å². The number of hydrogen-bond donors (Lipinski definition) is 1. The van der Waals surface area contributed by atoms with Crippen molar-refractivity contribution < 1.29 is 19.0 Å². The van der Waals surface area contributed by atoms with Crippen molar-refractivity contribution in [3.8, 4) is 11.5 Å². The van der Waals surface area contributed by atoms with Crippen LogP contribution in [0, 0.1) is 0 Å². The molecule has 1 amide bonds. The van der Waals surface area contributed by atoms with E-state index in [9.17, 15) is 4.79 Å². The van der Waals surface area contributed by atoms with E-state index in [0.717, 1.165) is 51.3 Å². The van der Waals surface area contributed by atoms with Crippen molar-refractivity contribution in [3.05, 3.63) is 53.6 Å². The first-order valence-electron chi connectivity index (χ1n) is 10.9. The van der Waals surface area contributed by atoms with Gasteiger partial charge in [0.15, 0.2) is 0 Å². The molecule has 7 heteroatoms. The zero-order chi connectivity index (χ0) is 21.6. The Morgan fingerprint density at radius 3 is 2.55 bits per heavy atom. The first-order valence-corrected chi connectivity index (χ1v) is 10.9. The van der Waals surface area contributed by atoms with Gasteiger partial charge in [-0.15, -0.1) is 0 Å². The van der Waals surface area contributed by atoms with Gasteiger partial charge in [-0.3, -0.25) is 4.90 Å². The predicted octanol–water partition coefficient (Wildman–Crippen LogP) is 3.24. The van der Waals surface area contributed by atoms with Crippen LogP contribution in [-0.2, 0) is 11.2 Å². The molecule has 2 aromatic carbocycles. The number of rotatable bonds is 6. The number of nitrogens with one attached hydrogen (secondary N) is 1. The minimum atomic E-state index is -0.447. The molecule has 0 aromatic heterocycles. The maximum atomic E-state index is 11.5. The molecule has 0 spiro atoms. The van der Waals surface area contributed by atoms with Gasteiger partial charge >= 0.3 is 6.09 Å². The first kappa shape index (κ1) is 21.5. The molecule has 1 fully saturated rings. The standard InChI is InChI=1S/C24H31N3O4/c1-25-24(28)31-21-7-8-22-18(17-21)10-16-30-23(22)9-11-26-12-14-27(15-13-26)19-3-5-20(29-2)6-4-19/h3-8,17,23H,9-16H2,1-2H3,(H,25,28). The second kappa shape index (κ2) is 10.0. The normalized spacial score (nSPS) is 18.9. The Kier molecular flexibility index (Phi) is 6.94. The van der Waals surface area contributed by atoms with E-state index < -0.39 is 6.09 Å². The number of carbonyl (C=O) groups excluding carboxylic acids is 1. The lowest BCUT2D eigenvalue weighted by Crippen LogP contribution is -2.46. The summed E-state index contributed by atoms with van der Waals surface area (Å²) < 4.78 is 16.6. The highest BCUT2D eigenvalue weighted by molar-refractivity contribution is 5.70. The summed E-state index contributed by atoms with van der Waals surface area (Å²) in [5.41, 5.74) is 3.68. The predicted molar refractivity (Wildman–Crippen MR) is 120 cm³/mol. The van der Waals surface area contributed by atoms with E-state index in [1.54, 1.807) is 14.2 Å². The van der Waals surface area contributed by atoms with E-state index in [2.05, 4.69) is 27.2 Å². The minimum Gasteiger partial charge on any atom is -0.497 e. The average Bonchev–Trinajstić information content (AvgIpc) is 2.83. The second-order valence-electron chi connectivity index (χ2n) is 7.92. The van der Waals surface area contributed by atoms with Crippen LogP contribution in [0.2, 0.25) is 0 Å². The molecule has 1 saturated heterocycles. The van der Waals surface area contributed by atoms with Crippen molar-refractivity contribution in [2.24, 2.45) is 0 Å². The highest BCUT2D eigenvalue weighted by atomic mass is 16.6. The molecule has 0 saturated carbocycles. The molecule has 1 unspecified atom stereocenters. The van der Waals surface area contributed by atoms with E-state index in [4.69, 9.17) is 14.2 Å². The third-order valence-corrected chi connectivity index (χ3v) is 6.08. The van der Waals surface area contributed by atoms with Crippen LogP contribution < -0.4 is 19.7 Å². The van der Waals surface area contributed by atoms with Gasteiger partial charge in [0.25, 0.3) is 0 Å². The molecule has 166 valence electrons. The summed E-state index contributed by atoms with van der Waals surface area (Å²) in [5.74, 6) is 1.47. The SMILES string of the molecule is CNC(=O)Oc1ccc2c(c1)CCOC2CCN1CCN(c2ccc(OC)cc2)CC1. The summed E-state index contributed by atoms with van der Waals surface area (Å²) in [7, 11) is 3.25. The number of anilines is 1. The van der Waals surface area contributed by atoms with Gasteiger partial charge in [-0.25, -0.2) is 4.79 Å². The molecular weight excluding hydrogens is 394 g/mol. The molecule has 4 rings (SSSR count). The first-order chi connectivity index (χ1) is 15.2. The molecule has 2 aliphatic heterocycles. The molecule has 7 nitrogen and oxygen atoms in total. The highest BCUT2D eigenvalue weighted by Gasteiger charge is 2.24. The topological polar surface area (TPSA) is 63.3 Å². The fourth-order valence-electron chi connectivity index (χ4n) is 4.30. The van der Waals surface area contributed by atoms with Crippen LogP contribution >= 0.6 is 0 Å². The zero-order valence-corrected chi connectivity index (χ0v) is 18.3. The monoisotopic (exact) mass is 425 g/mol. The summed E-state index contributed by atoms with van der Waals surface area (Å²) in [4.78, 5) is 16.4. The minimum absolute atomic E-state index is 0.0948. The van der Waals surface area contributed by atoms with Crippen LogP contribution in [0.3, 0.4) is 0 Å². The molecular formula is C24H31N3O4. The molecule has 0 bridgehead atoms. The Hall–Kier alpha value is -2.77. The quantitative estimate of drug-likeness (QED) is 0.767. The van der Waals surface area contributed by atoms with Gasteiger partial charge < -0.3 is 24.4 Å². The number of hydrogen-bond acceptors (Lipinski definition) is 6. The van der Waals surface area contributed by atoms with E-state index in [0.29, 0.717) is 12.4 Å². The fraction of sp³-hybridized carbons (Fsp3) is 0.458. The molecule has 0 aliphatic carbocycles. The molecule has 2 heterocycles. The molecule has 31 heavy (non-hydrogen) atoms. The fourth-order valence-corrected chi connectivity index (χ4v) is 4.30. The van der Waals surface area contributed by atoms with Gasteiger partial charge in [-0.2, -0.15) is 0 Å². The van der Waals surface area contributed by atoms with Gasteiger partial charge in [-0.1, -0.05) is 6.07 Å². The molecule has 0 radical (unpaired) electrons. The summed E-state index contributed by atoms with van der Waals surface area (Å²) in [6.45, 7) is 5.85. The third-order valence-electron chi connectivity index (χ3n) is 6.08. The van der Waals surface area contributed by atoms with E-state index >= 15 is 0 Å². The Balaban J connectivity index is 1.29. The van der Waals surface area contributed by atoms with Crippen LogP contribution in [0.15, 0.2) is 42.5 Å². The van der Waals surface area contributed by atoms with Gasteiger partial charge in [-0.05, 0) is 60.4 Å². The van der Waals surface area contributed by atoms with Crippen LogP contribution in [0.1, 0.15) is 23.7 Å². The Morgan fingerprint density at radius 1 is 1.10 bits per heavy atom. The number of carbonyl (C=O) groups is 1. The zero-order valence-electron chi connectivity index (χ0n) is 18.3. The third kappa shape index (κ3) is 5.29. The number of amides is 1. The van der Waals surface area contributed by atoms with E-state index in [1.165, 1.54) is 16.8 Å². The number of methoxy groups -OCH3 is 1. The van der Waals surface area contributed by atoms with Crippen molar-refractivity contribution in [1.82, 2.24) is 10.2 Å². The second-order valence-corrected chi connectivity index (χ2v) is 7.92. The van der Waals surface area contributed by atoms with Crippen LogP contribution in [-0.4, -0.2) is 64.5 Å². The molecule has 2 aromatic rings. The molecule has 2 aliphatic rings. The average molecular weight is 426 g/mol. The number of nitrogens with zero attached hydrogens (tertiary/aromatic N) is 2. The lowest BCUT2D eigenvalue weighted by atomic mass is 9.95. The summed E-state index contributed by atoms with van der Waals surface area (Å²) in [6.07, 6.45) is 1.46.